The molecule has 0 aliphatic heterocycles. The molecule has 6 nitrogen and oxygen atoms in total. The van der Waals surface area contributed by atoms with Crippen molar-refractivity contribution in [2.24, 2.45) is 0 Å². The van der Waals surface area contributed by atoms with Crippen molar-refractivity contribution in [2.75, 3.05) is 0 Å². The van der Waals surface area contributed by atoms with Gasteiger partial charge in [0.2, 0.25) is 9.84 Å². The number of nitrogens with one attached hydrogen (secondary N) is 1. The molecule has 0 unspecified atom stereocenters. The van der Waals surface area contributed by atoms with Gasteiger partial charge in [-0.2, -0.15) is 8.78 Å². The summed E-state index contributed by atoms with van der Waals surface area (Å²) in [7, 11) is -4.89. The van der Waals surface area contributed by atoms with Gasteiger partial charge in [0.25, 0.3) is 5.91 Å². The van der Waals surface area contributed by atoms with E-state index in [1.165, 1.54) is 29.5 Å². The molecular formula is C16H12F2N2O4S2. The van der Waals surface area contributed by atoms with Crippen LogP contribution in [-0.4, -0.2) is 25.2 Å². The number of sulfone groups is 1. The second-order valence-corrected chi connectivity index (χ2v) is 7.98. The number of thiophene rings is 1. The van der Waals surface area contributed by atoms with E-state index in [-0.39, 0.29) is 12.1 Å². The zero-order valence-corrected chi connectivity index (χ0v) is 14.7. The fourth-order valence-electron chi connectivity index (χ4n) is 2.19. The molecule has 0 atom stereocenters. The summed E-state index contributed by atoms with van der Waals surface area (Å²) in [6, 6.07) is 10.1. The molecule has 0 radical (unpaired) electrons. The first-order valence-corrected chi connectivity index (χ1v) is 9.71. The van der Waals surface area contributed by atoms with Gasteiger partial charge in [-0.3, -0.25) is 4.79 Å². The Morgan fingerprint density at radius 1 is 1.23 bits per heavy atom. The van der Waals surface area contributed by atoms with Gasteiger partial charge in [-0.1, -0.05) is 23.4 Å². The van der Waals surface area contributed by atoms with Crippen LogP contribution in [0.3, 0.4) is 0 Å². The molecule has 2 heterocycles. The number of aromatic nitrogens is 1. The largest absolute Gasteiger partial charge is 0.355 e. The normalized spacial score (nSPS) is 11.7. The Morgan fingerprint density at radius 2 is 2.00 bits per heavy atom. The maximum atomic E-state index is 12.8. The van der Waals surface area contributed by atoms with E-state index >= 15 is 0 Å². The van der Waals surface area contributed by atoms with E-state index in [0.29, 0.717) is 11.5 Å². The molecule has 1 amide bonds. The zero-order valence-electron chi connectivity index (χ0n) is 13.1. The van der Waals surface area contributed by atoms with E-state index in [4.69, 9.17) is 4.52 Å². The van der Waals surface area contributed by atoms with Crippen molar-refractivity contribution in [3.05, 3.63) is 59.1 Å². The van der Waals surface area contributed by atoms with Gasteiger partial charge in [-0.15, -0.1) is 11.3 Å². The van der Waals surface area contributed by atoms with Crippen LogP contribution in [-0.2, 0) is 16.4 Å². The van der Waals surface area contributed by atoms with Gasteiger partial charge in [0.05, 0.1) is 21.9 Å². The predicted octanol–water partition coefficient (Wildman–Crippen LogP) is 3.33. The summed E-state index contributed by atoms with van der Waals surface area (Å²) in [5, 5.41) is 8.15. The minimum absolute atomic E-state index is 0.0449. The number of benzene rings is 1. The SMILES string of the molecule is O=C(NCc1cc(-c2cccs2)on1)c1ccccc1S(=O)(=O)C(F)F. The highest BCUT2D eigenvalue weighted by atomic mass is 32.2. The third-order valence-corrected chi connectivity index (χ3v) is 5.75. The van der Waals surface area contributed by atoms with Gasteiger partial charge in [-0.25, -0.2) is 8.42 Å². The Morgan fingerprint density at radius 3 is 2.69 bits per heavy atom. The molecule has 10 heteroatoms. The van der Waals surface area contributed by atoms with Crippen LogP contribution in [0.5, 0.6) is 0 Å². The van der Waals surface area contributed by atoms with Crippen LogP contribution in [0.25, 0.3) is 10.6 Å². The number of halogens is 2. The molecule has 26 heavy (non-hydrogen) atoms. The molecular weight excluding hydrogens is 386 g/mol. The highest BCUT2D eigenvalue weighted by molar-refractivity contribution is 7.91. The quantitative estimate of drug-likeness (QED) is 0.688. The van der Waals surface area contributed by atoms with E-state index in [0.717, 1.165) is 10.9 Å². The van der Waals surface area contributed by atoms with E-state index < -0.39 is 26.4 Å². The van der Waals surface area contributed by atoms with Crippen LogP contribution in [0.1, 0.15) is 16.1 Å². The van der Waals surface area contributed by atoms with Crippen molar-refractivity contribution < 1.29 is 26.5 Å². The Bertz CT molecular complexity index is 1010. The fraction of sp³-hybridized carbons (Fsp3) is 0.125. The molecule has 3 rings (SSSR count). The van der Waals surface area contributed by atoms with Crippen LogP contribution in [0.15, 0.2) is 57.3 Å². The van der Waals surface area contributed by atoms with Crippen molar-refractivity contribution in [3.63, 3.8) is 0 Å². The molecule has 0 bridgehead atoms. The van der Waals surface area contributed by atoms with Gasteiger partial charge >= 0.3 is 5.76 Å². The van der Waals surface area contributed by atoms with Crippen molar-refractivity contribution in [3.8, 4) is 10.6 Å². The lowest BCUT2D eigenvalue weighted by Gasteiger charge is -2.09. The maximum Gasteiger partial charge on any atom is 0.341 e. The molecule has 0 aliphatic carbocycles. The molecule has 0 aliphatic rings. The average molecular weight is 398 g/mol. The monoisotopic (exact) mass is 398 g/mol. The summed E-state index contributed by atoms with van der Waals surface area (Å²) in [5.41, 5.74) is 0.0609. The van der Waals surface area contributed by atoms with Crippen LogP contribution in [0.2, 0.25) is 0 Å². The lowest BCUT2D eigenvalue weighted by Crippen LogP contribution is -2.26. The van der Waals surface area contributed by atoms with Gasteiger partial charge in [0, 0.05) is 6.07 Å². The number of carbonyl (C=O) groups is 1. The van der Waals surface area contributed by atoms with E-state index in [9.17, 15) is 22.0 Å². The lowest BCUT2D eigenvalue weighted by atomic mass is 10.2. The van der Waals surface area contributed by atoms with Gasteiger partial charge < -0.3 is 9.84 Å². The van der Waals surface area contributed by atoms with E-state index in [1.807, 2.05) is 17.5 Å². The highest BCUT2D eigenvalue weighted by Crippen LogP contribution is 2.25. The number of alkyl halides is 2. The third-order valence-electron chi connectivity index (χ3n) is 3.43. The average Bonchev–Trinajstić information content (AvgIpc) is 3.30. The smallest absolute Gasteiger partial charge is 0.341 e. The summed E-state index contributed by atoms with van der Waals surface area (Å²) in [6.45, 7) is -0.0449. The number of carbonyl (C=O) groups excluding carboxylic acids is 1. The number of rotatable bonds is 6. The summed E-state index contributed by atoms with van der Waals surface area (Å²) < 4.78 is 54.2. The summed E-state index contributed by atoms with van der Waals surface area (Å²) in [5.74, 6) is -3.88. The Labute approximate surface area is 151 Å². The topological polar surface area (TPSA) is 89.3 Å². The second-order valence-electron chi connectivity index (χ2n) is 5.14. The van der Waals surface area contributed by atoms with Gasteiger partial charge in [0.1, 0.15) is 5.69 Å². The summed E-state index contributed by atoms with van der Waals surface area (Å²) in [4.78, 5) is 12.4. The maximum absolute atomic E-state index is 12.8. The van der Waals surface area contributed by atoms with Crippen molar-refractivity contribution in [1.82, 2.24) is 10.5 Å². The van der Waals surface area contributed by atoms with Crippen LogP contribution < -0.4 is 5.32 Å². The van der Waals surface area contributed by atoms with Gasteiger partial charge in [0.15, 0.2) is 5.76 Å². The summed E-state index contributed by atoms with van der Waals surface area (Å²) in [6.07, 6.45) is 0. The first-order valence-electron chi connectivity index (χ1n) is 7.28. The molecule has 0 fully saturated rings. The molecule has 0 saturated heterocycles. The van der Waals surface area contributed by atoms with E-state index in [2.05, 4.69) is 10.5 Å². The van der Waals surface area contributed by atoms with Crippen molar-refractivity contribution >= 4 is 27.1 Å². The standard InChI is InChI=1S/C16H12F2N2O4S2/c17-16(18)26(22,23)14-6-2-1-4-11(14)15(21)19-9-10-8-12(24-20-10)13-5-3-7-25-13/h1-8,16H,9H2,(H,19,21). The fourth-order valence-corrected chi connectivity index (χ4v) is 3.80. The van der Waals surface area contributed by atoms with Crippen LogP contribution >= 0.6 is 11.3 Å². The molecule has 1 N–H and O–H groups in total. The Kier molecular flexibility index (Phi) is 5.14. The van der Waals surface area contributed by atoms with Crippen molar-refractivity contribution in [1.29, 1.82) is 0 Å². The van der Waals surface area contributed by atoms with Crippen molar-refractivity contribution in [2.45, 2.75) is 17.2 Å². The van der Waals surface area contributed by atoms with Gasteiger partial charge in [-0.05, 0) is 23.6 Å². The van der Waals surface area contributed by atoms with Crippen LogP contribution in [0, 0.1) is 0 Å². The molecule has 2 aromatic heterocycles. The number of hydrogen-bond donors (Lipinski definition) is 1. The molecule has 0 saturated carbocycles. The minimum atomic E-state index is -4.89. The molecule has 1 aromatic carbocycles. The molecule has 136 valence electrons. The molecule has 3 aromatic rings. The predicted molar refractivity (Wildman–Crippen MR) is 90.6 cm³/mol. The van der Waals surface area contributed by atoms with Crippen LogP contribution in [0.4, 0.5) is 8.78 Å². The second kappa shape index (κ2) is 7.34. The lowest BCUT2D eigenvalue weighted by molar-refractivity contribution is 0.0946. The Hall–Kier alpha value is -2.59. The van der Waals surface area contributed by atoms with E-state index in [1.54, 1.807) is 6.07 Å². The summed E-state index contributed by atoms with van der Waals surface area (Å²) >= 11 is 1.46. The number of amides is 1. The first-order chi connectivity index (χ1) is 12.4. The number of hydrogen-bond acceptors (Lipinski definition) is 6. The molecule has 0 spiro atoms. The minimum Gasteiger partial charge on any atom is -0.355 e. The highest BCUT2D eigenvalue weighted by Gasteiger charge is 2.30. The Balaban J connectivity index is 1.76. The third kappa shape index (κ3) is 3.65. The first kappa shape index (κ1) is 18.2. The number of nitrogens with zero attached hydrogens (tertiary/aromatic N) is 1. The zero-order chi connectivity index (χ0) is 18.7.